The molecule has 0 unspecified atom stereocenters. The van der Waals surface area contributed by atoms with Crippen molar-refractivity contribution < 1.29 is 18.7 Å². The Morgan fingerprint density at radius 1 is 1.04 bits per heavy atom. The minimum Gasteiger partial charge on any atom is -0.465 e. The van der Waals surface area contributed by atoms with Crippen molar-refractivity contribution in [1.82, 2.24) is 5.32 Å². The summed E-state index contributed by atoms with van der Waals surface area (Å²) in [6, 6.07) is 19.4. The number of anilines is 1. The minimum atomic E-state index is -0.463. The topological polar surface area (TPSA) is 80.6 Å². The summed E-state index contributed by atoms with van der Waals surface area (Å²) in [5, 5.41) is 5.45. The van der Waals surface area contributed by atoms with E-state index in [0.717, 1.165) is 5.56 Å². The van der Waals surface area contributed by atoms with Gasteiger partial charge in [0.1, 0.15) is 11.5 Å². The lowest BCUT2D eigenvalue weighted by Gasteiger charge is -2.11. The molecule has 0 radical (unpaired) electrons. The fraction of sp³-hybridized carbons (Fsp3) is 0.0909. The van der Waals surface area contributed by atoms with Crippen molar-refractivity contribution in [2.24, 2.45) is 0 Å². The van der Waals surface area contributed by atoms with Gasteiger partial charge in [0.25, 0.3) is 11.8 Å². The highest BCUT2D eigenvalue weighted by molar-refractivity contribution is 6.10. The van der Waals surface area contributed by atoms with Gasteiger partial charge in [0, 0.05) is 24.4 Å². The second-order valence-corrected chi connectivity index (χ2v) is 5.98. The van der Waals surface area contributed by atoms with Crippen LogP contribution in [0.3, 0.4) is 0 Å². The number of ether oxygens (including phenoxy) is 1. The second kappa shape index (κ2) is 9.34. The van der Waals surface area contributed by atoms with Crippen molar-refractivity contribution in [3.8, 4) is 0 Å². The zero-order valence-electron chi connectivity index (χ0n) is 15.3. The second-order valence-electron chi connectivity index (χ2n) is 5.98. The summed E-state index contributed by atoms with van der Waals surface area (Å²) in [7, 11) is 1.61. The zero-order valence-corrected chi connectivity index (χ0v) is 15.3. The van der Waals surface area contributed by atoms with Crippen LogP contribution in [0, 0.1) is 0 Å². The summed E-state index contributed by atoms with van der Waals surface area (Å²) in [5.74, 6) is -0.399. The van der Waals surface area contributed by atoms with Gasteiger partial charge >= 0.3 is 0 Å². The summed E-state index contributed by atoms with van der Waals surface area (Å²) in [6.45, 7) is 0.434. The van der Waals surface area contributed by atoms with Crippen LogP contribution in [0.4, 0.5) is 5.69 Å². The van der Waals surface area contributed by atoms with Crippen LogP contribution >= 0.6 is 0 Å². The maximum absolute atomic E-state index is 12.8. The van der Waals surface area contributed by atoms with Crippen molar-refractivity contribution in [1.29, 1.82) is 0 Å². The van der Waals surface area contributed by atoms with Crippen molar-refractivity contribution in [2.75, 3.05) is 12.4 Å². The minimum absolute atomic E-state index is 0.0703. The van der Waals surface area contributed by atoms with Gasteiger partial charge in [-0.15, -0.1) is 0 Å². The van der Waals surface area contributed by atoms with Crippen LogP contribution in [-0.4, -0.2) is 18.9 Å². The fourth-order valence-corrected chi connectivity index (χ4v) is 2.56. The van der Waals surface area contributed by atoms with Gasteiger partial charge in [0.05, 0.1) is 12.9 Å². The van der Waals surface area contributed by atoms with Crippen LogP contribution in [0.5, 0.6) is 0 Å². The average molecular weight is 376 g/mol. The molecular formula is C22H20N2O4. The van der Waals surface area contributed by atoms with Gasteiger partial charge in [-0.2, -0.15) is 0 Å². The van der Waals surface area contributed by atoms with Gasteiger partial charge in [-0.1, -0.05) is 30.3 Å². The molecule has 28 heavy (non-hydrogen) atoms. The van der Waals surface area contributed by atoms with Gasteiger partial charge in [0.15, 0.2) is 0 Å². The highest BCUT2D eigenvalue weighted by Crippen LogP contribution is 2.14. The van der Waals surface area contributed by atoms with Crippen LogP contribution in [0.25, 0.3) is 6.08 Å². The Kier molecular flexibility index (Phi) is 6.38. The average Bonchev–Trinajstić information content (AvgIpc) is 3.22. The van der Waals surface area contributed by atoms with Crippen LogP contribution in [0.1, 0.15) is 21.7 Å². The predicted molar refractivity (Wildman–Crippen MR) is 106 cm³/mol. The molecule has 0 atom stereocenters. The van der Waals surface area contributed by atoms with E-state index >= 15 is 0 Å². The highest BCUT2D eigenvalue weighted by Gasteiger charge is 2.15. The van der Waals surface area contributed by atoms with Gasteiger partial charge < -0.3 is 19.8 Å². The van der Waals surface area contributed by atoms with Crippen LogP contribution in [0.15, 0.2) is 83.1 Å². The third-order valence-corrected chi connectivity index (χ3v) is 3.85. The number of carbonyl (C=O) groups is 2. The lowest BCUT2D eigenvalue weighted by atomic mass is 10.2. The predicted octanol–water partition coefficient (Wildman–Crippen LogP) is 3.84. The lowest BCUT2D eigenvalue weighted by Crippen LogP contribution is -2.30. The Bertz CT molecular complexity index is 963. The van der Waals surface area contributed by atoms with E-state index in [4.69, 9.17) is 9.15 Å². The number of amides is 2. The largest absolute Gasteiger partial charge is 0.465 e. The van der Waals surface area contributed by atoms with Gasteiger partial charge in [-0.25, -0.2) is 0 Å². The molecule has 1 aromatic heterocycles. The van der Waals surface area contributed by atoms with E-state index < -0.39 is 5.91 Å². The number of hydrogen-bond donors (Lipinski definition) is 2. The summed E-state index contributed by atoms with van der Waals surface area (Å²) < 4.78 is 10.4. The molecule has 0 aliphatic heterocycles. The first kappa shape index (κ1) is 19.1. The Morgan fingerprint density at radius 2 is 1.86 bits per heavy atom. The monoisotopic (exact) mass is 376 g/mol. The Hall–Kier alpha value is -3.64. The first-order valence-electron chi connectivity index (χ1n) is 8.66. The molecule has 3 rings (SSSR count). The number of hydrogen-bond acceptors (Lipinski definition) is 4. The van der Waals surface area contributed by atoms with Crippen molar-refractivity contribution in [3.05, 3.63) is 95.6 Å². The van der Waals surface area contributed by atoms with E-state index in [-0.39, 0.29) is 11.6 Å². The standard InChI is InChI=1S/C22H20N2O4/c1-27-15-16-7-5-10-18(13-16)23-22(26)20(14-19-11-6-12-28-19)24-21(25)17-8-3-2-4-9-17/h2-14H,15H2,1H3,(H,23,26)(H,24,25)/b20-14-. The molecular weight excluding hydrogens is 356 g/mol. The number of benzene rings is 2. The molecule has 142 valence electrons. The third kappa shape index (κ3) is 5.18. The number of methoxy groups -OCH3 is 1. The molecule has 0 spiro atoms. The molecule has 0 fully saturated rings. The van der Waals surface area contributed by atoms with Crippen molar-refractivity contribution in [2.45, 2.75) is 6.61 Å². The Labute approximate surface area is 162 Å². The first-order valence-corrected chi connectivity index (χ1v) is 8.66. The summed E-state index contributed by atoms with van der Waals surface area (Å²) in [6.07, 6.45) is 2.98. The summed E-state index contributed by atoms with van der Waals surface area (Å²) in [5.41, 5.74) is 2.03. The van der Waals surface area contributed by atoms with Gasteiger partial charge in [-0.05, 0) is 42.0 Å². The molecule has 2 N–H and O–H groups in total. The van der Waals surface area contributed by atoms with Crippen LogP contribution in [0.2, 0.25) is 0 Å². The first-order chi connectivity index (χ1) is 13.7. The number of rotatable bonds is 7. The summed E-state index contributed by atoms with van der Waals surface area (Å²) >= 11 is 0. The smallest absolute Gasteiger partial charge is 0.272 e. The van der Waals surface area contributed by atoms with E-state index in [1.807, 2.05) is 24.3 Å². The fourth-order valence-electron chi connectivity index (χ4n) is 2.56. The Balaban J connectivity index is 1.81. The molecule has 0 aliphatic rings. The maximum Gasteiger partial charge on any atom is 0.272 e. The maximum atomic E-state index is 12.8. The van der Waals surface area contributed by atoms with Crippen LogP contribution < -0.4 is 10.6 Å². The highest BCUT2D eigenvalue weighted by atomic mass is 16.5. The zero-order chi connectivity index (χ0) is 19.8. The third-order valence-electron chi connectivity index (χ3n) is 3.85. The van der Waals surface area contributed by atoms with Crippen molar-refractivity contribution >= 4 is 23.6 Å². The van der Waals surface area contributed by atoms with E-state index in [1.54, 1.807) is 49.6 Å². The molecule has 6 heteroatoms. The molecule has 0 bridgehead atoms. The van der Waals surface area contributed by atoms with E-state index in [2.05, 4.69) is 10.6 Å². The van der Waals surface area contributed by atoms with Gasteiger partial charge in [-0.3, -0.25) is 9.59 Å². The SMILES string of the molecule is COCc1cccc(NC(=O)/C(=C/c2ccco2)NC(=O)c2ccccc2)c1. The molecule has 3 aromatic rings. The summed E-state index contributed by atoms with van der Waals surface area (Å²) in [4.78, 5) is 25.3. The number of nitrogens with one attached hydrogen (secondary N) is 2. The number of furan rings is 1. The lowest BCUT2D eigenvalue weighted by molar-refractivity contribution is -0.113. The number of carbonyl (C=O) groups excluding carboxylic acids is 2. The van der Waals surface area contributed by atoms with E-state index in [0.29, 0.717) is 23.6 Å². The van der Waals surface area contributed by atoms with Crippen molar-refractivity contribution in [3.63, 3.8) is 0 Å². The molecule has 6 nitrogen and oxygen atoms in total. The molecule has 2 amide bonds. The molecule has 0 saturated heterocycles. The van der Waals surface area contributed by atoms with Crippen LogP contribution in [-0.2, 0) is 16.1 Å². The van der Waals surface area contributed by atoms with E-state index in [1.165, 1.54) is 12.3 Å². The molecule has 0 aliphatic carbocycles. The molecule has 1 heterocycles. The van der Waals surface area contributed by atoms with Gasteiger partial charge in [0.2, 0.25) is 0 Å². The molecule has 2 aromatic carbocycles. The Morgan fingerprint density at radius 3 is 2.57 bits per heavy atom. The normalized spacial score (nSPS) is 11.1. The quantitative estimate of drug-likeness (QED) is 0.614. The molecule has 0 saturated carbocycles. The van der Waals surface area contributed by atoms with E-state index in [9.17, 15) is 9.59 Å².